The van der Waals surface area contributed by atoms with Gasteiger partial charge < -0.3 is 4.52 Å². The van der Waals surface area contributed by atoms with Crippen molar-refractivity contribution in [3.8, 4) is 11.4 Å². The molecule has 0 aliphatic heterocycles. The van der Waals surface area contributed by atoms with Gasteiger partial charge in [0.1, 0.15) is 5.82 Å². The highest BCUT2D eigenvalue weighted by molar-refractivity contribution is 6.33. The smallest absolute Gasteiger partial charge is 0.328 e. The molecule has 1 aromatic heterocycles. The third-order valence-corrected chi connectivity index (χ3v) is 2.74. The number of carbonyl (C=O) groups excluding carboxylic acids is 1. The Labute approximate surface area is 131 Å². The molecule has 1 N–H and O–H groups in total. The zero-order valence-electron chi connectivity index (χ0n) is 12.2. The van der Waals surface area contributed by atoms with Crippen molar-refractivity contribution in [3.05, 3.63) is 34.9 Å². The maximum Gasteiger partial charge on any atom is 0.329 e. The van der Waals surface area contributed by atoms with E-state index in [1.54, 1.807) is 6.21 Å². The second kappa shape index (κ2) is 6.23. The molecule has 0 saturated heterocycles. The molecule has 0 spiro atoms. The monoisotopic (exact) mass is 324 g/mol. The van der Waals surface area contributed by atoms with Crippen molar-refractivity contribution >= 4 is 23.7 Å². The summed E-state index contributed by atoms with van der Waals surface area (Å²) in [4.78, 5) is 15.6. The molecule has 6 nitrogen and oxygen atoms in total. The molecule has 0 unspecified atom stereocenters. The molecule has 0 atom stereocenters. The third kappa shape index (κ3) is 3.88. The van der Waals surface area contributed by atoms with Crippen molar-refractivity contribution < 1.29 is 13.7 Å². The normalized spacial score (nSPS) is 11.9. The van der Waals surface area contributed by atoms with Crippen LogP contribution in [-0.4, -0.2) is 22.3 Å². The zero-order chi connectivity index (χ0) is 16.3. The number of rotatable bonds is 3. The number of halogens is 2. The number of hydrogen-bond donors (Lipinski definition) is 1. The predicted octanol–water partition coefficient (Wildman–Crippen LogP) is 3.29. The molecule has 0 radical (unpaired) electrons. The van der Waals surface area contributed by atoms with Gasteiger partial charge in [-0.25, -0.2) is 9.82 Å². The average Bonchev–Trinajstić information content (AvgIpc) is 2.86. The Balaban J connectivity index is 2.18. The molecule has 116 valence electrons. The molecule has 1 amide bonds. The fourth-order valence-corrected chi connectivity index (χ4v) is 1.71. The van der Waals surface area contributed by atoms with Crippen molar-refractivity contribution in [1.82, 2.24) is 15.6 Å². The van der Waals surface area contributed by atoms with Crippen molar-refractivity contribution in [2.45, 2.75) is 20.8 Å². The third-order valence-electron chi connectivity index (χ3n) is 2.42. The molecule has 22 heavy (non-hydrogen) atoms. The number of nitrogens with one attached hydrogen (secondary N) is 1. The first-order valence-corrected chi connectivity index (χ1v) is 6.78. The minimum Gasteiger partial charge on any atom is -0.328 e. The summed E-state index contributed by atoms with van der Waals surface area (Å²) in [6.07, 6.45) is 1.57. The van der Waals surface area contributed by atoms with Crippen molar-refractivity contribution in [2.24, 2.45) is 10.5 Å². The Bertz CT molecular complexity index is 702. The van der Waals surface area contributed by atoms with Gasteiger partial charge >= 0.3 is 11.8 Å². The number of nitrogens with zero attached hydrogens (tertiary/aromatic N) is 3. The van der Waals surface area contributed by atoms with Crippen LogP contribution in [0.1, 0.15) is 31.5 Å². The first-order valence-electron chi connectivity index (χ1n) is 6.40. The van der Waals surface area contributed by atoms with E-state index in [1.807, 2.05) is 20.8 Å². The number of hydrogen-bond acceptors (Lipinski definition) is 5. The SMILES string of the molecule is CC(C)(C)C=NNC(=O)c1nc(-c2c(F)cccc2Cl)no1. The van der Waals surface area contributed by atoms with Gasteiger partial charge in [0.05, 0.1) is 10.6 Å². The van der Waals surface area contributed by atoms with Crippen molar-refractivity contribution in [2.75, 3.05) is 0 Å². The highest BCUT2D eigenvalue weighted by Gasteiger charge is 2.20. The number of amides is 1. The predicted molar refractivity (Wildman–Crippen MR) is 80.1 cm³/mol. The minimum absolute atomic E-state index is 0.0230. The Morgan fingerprint density at radius 3 is 2.82 bits per heavy atom. The topological polar surface area (TPSA) is 80.4 Å². The van der Waals surface area contributed by atoms with Crippen LogP contribution >= 0.6 is 11.6 Å². The molecule has 0 saturated carbocycles. The van der Waals surface area contributed by atoms with Gasteiger partial charge in [0.2, 0.25) is 5.82 Å². The molecule has 0 bridgehead atoms. The Hall–Kier alpha value is -2.28. The summed E-state index contributed by atoms with van der Waals surface area (Å²) < 4.78 is 18.6. The van der Waals surface area contributed by atoms with E-state index in [0.717, 1.165) is 0 Å². The molecule has 1 aromatic carbocycles. The average molecular weight is 325 g/mol. The first kappa shape index (κ1) is 16.1. The van der Waals surface area contributed by atoms with Gasteiger partial charge in [0.15, 0.2) is 0 Å². The van der Waals surface area contributed by atoms with E-state index >= 15 is 0 Å². The molecule has 2 aromatic rings. The Morgan fingerprint density at radius 2 is 2.18 bits per heavy atom. The summed E-state index contributed by atoms with van der Waals surface area (Å²) in [7, 11) is 0. The van der Waals surface area contributed by atoms with Crippen LogP contribution in [0.15, 0.2) is 27.8 Å². The second-order valence-corrected chi connectivity index (χ2v) is 5.99. The lowest BCUT2D eigenvalue weighted by atomic mass is 9.99. The van der Waals surface area contributed by atoms with Crippen LogP contribution < -0.4 is 5.43 Å². The highest BCUT2D eigenvalue weighted by atomic mass is 35.5. The van der Waals surface area contributed by atoms with Gasteiger partial charge in [-0.1, -0.05) is 43.6 Å². The number of benzene rings is 1. The molecule has 0 fully saturated rings. The van der Waals surface area contributed by atoms with Crippen LogP contribution in [0.2, 0.25) is 5.02 Å². The van der Waals surface area contributed by atoms with E-state index in [0.29, 0.717) is 0 Å². The molecular formula is C14H14ClFN4O2. The largest absolute Gasteiger partial charge is 0.329 e. The van der Waals surface area contributed by atoms with Gasteiger partial charge in [-0.2, -0.15) is 10.1 Å². The van der Waals surface area contributed by atoms with Crippen LogP contribution in [0, 0.1) is 11.2 Å². The van der Waals surface area contributed by atoms with Crippen LogP contribution in [-0.2, 0) is 0 Å². The summed E-state index contributed by atoms with van der Waals surface area (Å²) in [6.45, 7) is 5.77. The summed E-state index contributed by atoms with van der Waals surface area (Å²) >= 11 is 5.90. The van der Waals surface area contributed by atoms with Gasteiger partial charge in [0, 0.05) is 6.21 Å². The van der Waals surface area contributed by atoms with Gasteiger partial charge in [-0.15, -0.1) is 0 Å². The second-order valence-electron chi connectivity index (χ2n) is 5.58. The van der Waals surface area contributed by atoms with Crippen LogP contribution in [0.25, 0.3) is 11.4 Å². The van der Waals surface area contributed by atoms with E-state index in [2.05, 4.69) is 20.7 Å². The van der Waals surface area contributed by atoms with Crippen molar-refractivity contribution in [3.63, 3.8) is 0 Å². The molecule has 2 rings (SSSR count). The first-order chi connectivity index (χ1) is 10.3. The number of aromatic nitrogens is 2. The quantitative estimate of drug-likeness (QED) is 0.694. The van der Waals surface area contributed by atoms with Crippen LogP contribution in [0.4, 0.5) is 4.39 Å². The number of hydrazone groups is 1. The zero-order valence-corrected chi connectivity index (χ0v) is 13.0. The van der Waals surface area contributed by atoms with Crippen molar-refractivity contribution in [1.29, 1.82) is 0 Å². The fraction of sp³-hybridized carbons (Fsp3) is 0.286. The Morgan fingerprint density at radius 1 is 1.45 bits per heavy atom. The summed E-state index contributed by atoms with van der Waals surface area (Å²) in [5, 5.41) is 7.47. The maximum atomic E-state index is 13.8. The standard InChI is InChI=1S/C14H14ClFN4O2/c1-14(2,3)7-17-19-12(21)13-18-11(20-22-13)10-8(15)5-4-6-9(10)16/h4-7H,1-3H3,(H,19,21). The summed E-state index contributed by atoms with van der Waals surface area (Å²) in [6, 6.07) is 4.16. The maximum absolute atomic E-state index is 13.8. The highest BCUT2D eigenvalue weighted by Crippen LogP contribution is 2.28. The van der Waals surface area contributed by atoms with Gasteiger partial charge in [-0.3, -0.25) is 4.79 Å². The summed E-state index contributed by atoms with van der Waals surface area (Å²) in [5.74, 6) is -1.73. The van der Waals surface area contributed by atoms with E-state index in [-0.39, 0.29) is 27.7 Å². The van der Waals surface area contributed by atoms with E-state index in [9.17, 15) is 9.18 Å². The molecule has 0 aliphatic rings. The lowest BCUT2D eigenvalue weighted by molar-refractivity contribution is 0.0911. The molecule has 1 heterocycles. The van der Waals surface area contributed by atoms with Gasteiger partial charge in [0.25, 0.3) is 0 Å². The van der Waals surface area contributed by atoms with Crippen LogP contribution in [0.5, 0.6) is 0 Å². The fourth-order valence-electron chi connectivity index (χ4n) is 1.46. The van der Waals surface area contributed by atoms with E-state index < -0.39 is 11.7 Å². The molecule has 8 heteroatoms. The molecular weight excluding hydrogens is 311 g/mol. The molecule has 0 aliphatic carbocycles. The van der Waals surface area contributed by atoms with Crippen LogP contribution in [0.3, 0.4) is 0 Å². The van der Waals surface area contributed by atoms with E-state index in [1.165, 1.54) is 18.2 Å². The lowest BCUT2D eigenvalue weighted by Crippen LogP contribution is -2.20. The van der Waals surface area contributed by atoms with Gasteiger partial charge in [-0.05, 0) is 17.5 Å². The minimum atomic E-state index is -0.688. The lowest BCUT2D eigenvalue weighted by Gasteiger charge is -2.09. The summed E-state index contributed by atoms with van der Waals surface area (Å²) in [5.41, 5.74) is 2.05. The number of carbonyl (C=O) groups is 1. The van der Waals surface area contributed by atoms with E-state index in [4.69, 9.17) is 16.1 Å². The Kier molecular flexibility index (Phi) is 4.56.